The molecular weight excluding hydrogens is 295 g/mol. The Balaban J connectivity index is 2.22. The normalized spacial score (nSPS) is 20.1. The Morgan fingerprint density at radius 3 is 2.78 bits per heavy atom. The maximum Gasteiger partial charge on any atom is 0.211 e. The summed E-state index contributed by atoms with van der Waals surface area (Å²) in [7, 11) is 0. The van der Waals surface area contributed by atoms with Crippen molar-refractivity contribution in [1.29, 1.82) is 0 Å². The average molecular weight is 306 g/mol. The minimum absolute atomic E-state index is 0.244. The van der Waals surface area contributed by atoms with Crippen LogP contribution in [-0.4, -0.2) is 20.4 Å². The summed E-state index contributed by atoms with van der Waals surface area (Å²) in [4.78, 5) is 3.27. The molecule has 0 saturated heterocycles. The Morgan fingerprint density at radius 2 is 2.06 bits per heavy atom. The van der Waals surface area contributed by atoms with Gasteiger partial charge >= 0.3 is 0 Å². The fourth-order valence-electron chi connectivity index (χ4n) is 2.50. The summed E-state index contributed by atoms with van der Waals surface area (Å²) < 4.78 is -1.40. The molecule has 1 aromatic heterocycles. The number of benzene rings is 1. The first-order valence-electron chi connectivity index (χ1n) is 5.60. The first-order chi connectivity index (χ1) is 8.47. The predicted molar refractivity (Wildman–Crippen MR) is 74.7 cm³/mol. The highest BCUT2D eigenvalue weighted by Crippen LogP contribution is 2.43. The van der Waals surface area contributed by atoms with E-state index in [1.165, 1.54) is 0 Å². The number of hydrogen-bond donors (Lipinski definition) is 3. The third-order valence-electron chi connectivity index (χ3n) is 3.26. The quantitative estimate of drug-likeness (QED) is 0.653. The molecular formula is C12H11Cl3N2O. The van der Waals surface area contributed by atoms with Crippen LogP contribution in [0.2, 0.25) is 0 Å². The van der Waals surface area contributed by atoms with Gasteiger partial charge < -0.3 is 15.4 Å². The largest absolute Gasteiger partial charge is 0.508 e. The number of rotatable bonds is 0. The molecule has 0 radical (unpaired) electrons. The number of H-pyrrole nitrogens is 1. The summed E-state index contributed by atoms with van der Waals surface area (Å²) >= 11 is 18.0. The maximum atomic E-state index is 9.57. The zero-order valence-electron chi connectivity index (χ0n) is 9.30. The van der Waals surface area contributed by atoms with E-state index in [-0.39, 0.29) is 11.8 Å². The van der Waals surface area contributed by atoms with Gasteiger partial charge in [-0.25, -0.2) is 0 Å². The summed E-state index contributed by atoms with van der Waals surface area (Å²) in [5, 5.41) is 13.8. The lowest BCUT2D eigenvalue weighted by atomic mass is 10.00. The SMILES string of the molecule is Oc1ccc2[nH]c3c(c2c1)CCNC3C(Cl)(Cl)Cl. The highest BCUT2D eigenvalue weighted by atomic mass is 35.6. The number of hydrogen-bond acceptors (Lipinski definition) is 2. The minimum atomic E-state index is -1.40. The van der Waals surface area contributed by atoms with E-state index in [0.29, 0.717) is 0 Å². The first kappa shape index (κ1) is 12.4. The van der Waals surface area contributed by atoms with E-state index >= 15 is 0 Å². The summed E-state index contributed by atoms with van der Waals surface area (Å²) in [5.41, 5.74) is 2.94. The van der Waals surface area contributed by atoms with Gasteiger partial charge in [-0.1, -0.05) is 34.8 Å². The molecule has 1 unspecified atom stereocenters. The van der Waals surface area contributed by atoms with Crippen LogP contribution in [0.1, 0.15) is 17.3 Å². The lowest BCUT2D eigenvalue weighted by molar-refractivity contribution is 0.476. The van der Waals surface area contributed by atoms with E-state index < -0.39 is 3.79 Å². The fourth-order valence-corrected chi connectivity index (χ4v) is 3.05. The van der Waals surface area contributed by atoms with Gasteiger partial charge in [-0.3, -0.25) is 0 Å². The molecule has 1 aromatic carbocycles. The van der Waals surface area contributed by atoms with Gasteiger partial charge in [0.05, 0.1) is 6.04 Å². The highest BCUT2D eigenvalue weighted by Gasteiger charge is 2.38. The zero-order chi connectivity index (χ0) is 12.9. The Labute approximate surface area is 119 Å². The number of phenols is 1. The molecule has 96 valence electrons. The van der Waals surface area contributed by atoms with Crippen LogP contribution in [0.15, 0.2) is 18.2 Å². The molecule has 3 rings (SSSR count). The molecule has 0 aliphatic carbocycles. The number of aromatic hydroxyl groups is 1. The van der Waals surface area contributed by atoms with E-state index in [2.05, 4.69) is 10.3 Å². The molecule has 1 aliphatic heterocycles. The van der Waals surface area contributed by atoms with Crippen LogP contribution in [-0.2, 0) is 6.42 Å². The number of fused-ring (bicyclic) bond motifs is 3. The highest BCUT2D eigenvalue weighted by molar-refractivity contribution is 6.68. The topological polar surface area (TPSA) is 48.0 Å². The van der Waals surface area contributed by atoms with Crippen LogP contribution in [0, 0.1) is 0 Å². The van der Waals surface area contributed by atoms with E-state index in [9.17, 15) is 5.11 Å². The molecule has 2 heterocycles. The van der Waals surface area contributed by atoms with E-state index in [1.54, 1.807) is 12.1 Å². The van der Waals surface area contributed by atoms with Gasteiger partial charge in [0.2, 0.25) is 3.79 Å². The maximum absolute atomic E-state index is 9.57. The molecule has 3 nitrogen and oxygen atoms in total. The van der Waals surface area contributed by atoms with Crippen molar-refractivity contribution in [3.05, 3.63) is 29.5 Å². The number of phenolic OH excluding ortho intramolecular Hbond substituents is 1. The zero-order valence-corrected chi connectivity index (χ0v) is 11.6. The molecule has 18 heavy (non-hydrogen) atoms. The van der Waals surface area contributed by atoms with Crippen LogP contribution in [0.25, 0.3) is 10.9 Å². The van der Waals surface area contributed by atoms with E-state index in [0.717, 1.165) is 35.1 Å². The molecule has 0 fully saturated rings. The molecule has 3 N–H and O–H groups in total. The summed E-state index contributed by atoms with van der Waals surface area (Å²) in [6.07, 6.45) is 0.843. The van der Waals surface area contributed by atoms with Crippen molar-refractivity contribution in [3.8, 4) is 5.75 Å². The second-order valence-corrected chi connectivity index (χ2v) is 6.79. The van der Waals surface area contributed by atoms with Crippen LogP contribution in [0.3, 0.4) is 0 Å². The predicted octanol–water partition coefficient (Wildman–Crippen LogP) is 3.43. The third-order valence-corrected chi connectivity index (χ3v) is 3.92. The second kappa shape index (κ2) is 4.20. The fraction of sp³-hybridized carbons (Fsp3) is 0.333. The molecule has 2 aromatic rings. The Morgan fingerprint density at radius 1 is 1.28 bits per heavy atom. The number of nitrogens with one attached hydrogen (secondary N) is 2. The number of alkyl halides is 3. The van der Waals surface area contributed by atoms with Crippen molar-refractivity contribution >= 4 is 45.7 Å². The van der Waals surface area contributed by atoms with Gasteiger partial charge in [-0.2, -0.15) is 0 Å². The van der Waals surface area contributed by atoms with Crippen LogP contribution in [0.4, 0.5) is 0 Å². The van der Waals surface area contributed by atoms with E-state index in [4.69, 9.17) is 34.8 Å². The van der Waals surface area contributed by atoms with Gasteiger partial charge in [0.1, 0.15) is 5.75 Å². The number of halogens is 3. The first-order valence-corrected chi connectivity index (χ1v) is 6.74. The standard InChI is InChI=1S/C12H11Cl3N2O/c13-12(14,15)11-10-7(3-4-16-11)8-5-6(18)1-2-9(8)17-10/h1-2,5,11,16-18H,3-4H2. The molecule has 0 spiro atoms. The van der Waals surface area contributed by atoms with Crippen LogP contribution >= 0.6 is 34.8 Å². The Bertz CT molecular complexity index is 603. The summed E-state index contributed by atoms with van der Waals surface area (Å²) in [5.74, 6) is 0.244. The van der Waals surface area contributed by atoms with Crippen molar-refractivity contribution in [2.75, 3.05) is 6.54 Å². The van der Waals surface area contributed by atoms with Gasteiger partial charge in [0.25, 0.3) is 0 Å². The number of aromatic nitrogens is 1. The minimum Gasteiger partial charge on any atom is -0.508 e. The van der Waals surface area contributed by atoms with Crippen molar-refractivity contribution in [2.24, 2.45) is 0 Å². The molecule has 0 bridgehead atoms. The van der Waals surface area contributed by atoms with Crippen molar-refractivity contribution in [3.63, 3.8) is 0 Å². The molecule has 6 heteroatoms. The third kappa shape index (κ3) is 1.95. The monoisotopic (exact) mass is 304 g/mol. The van der Waals surface area contributed by atoms with Gasteiger partial charge in [-0.05, 0) is 30.2 Å². The summed E-state index contributed by atoms with van der Waals surface area (Å²) in [6, 6.07) is 4.85. The van der Waals surface area contributed by atoms with Gasteiger partial charge in [0.15, 0.2) is 0 Å². The van der Waals surface area contributed by atoms with Crippen molar-refractivity contribution in [1.82, 2.24) is 10.3 Å². The number of aromatic amines is 1. The van der Waals surface area contributed by atoms with Gasteiger partial charge in [0, 0.05) is 23.1 Å². The summed E-state index contributed by atoms with van der Waals surface area (Å²) in [6.45, 7) is 0.744. The molecule has 1 aliphatic rings. The van der Waals surface area contributed by atoms with Crippen LogP contribution in [0.5, 0.6) is 5.75 Å². The van der Waals surface area contributed by atoms with Crippen molar-refractivity contribution in [2.45, 2.75) is 16.3 Å². The smallest absolute Gasteiger partial charge is 0.211 e. The van der Waals surface area contributed by atoms with E-state index in [1.807, 2.05) is 6.07 Å². The Hall–Kier alpha value is -0.610. The molecule has 0 saturated carbocycles. The lowest BCUT2D eigenvalue weighted by Crippen LogP contribution is -2.37. The second-order valence-electron chi connectivity index (χ2n) is 4.43. The average Bonchev–Trinajstić information content (AvgIpc) is 2.65. The molecule has 0 amide bonds. The lowest BCUT2D eigenvalue weighted by Gasteiger charge is -2.29. The van der Waals surface area contributed by atoms with Crippen LogP contribution < -0.4 is 5.32 Å². The Kier molecular flexibility index (Phi) is 2.90. The van der Waals surface area contributed by atoms with Crippen molar-refractivity contribution < 1.29 is 5.11 Å². The van der Waals surface area contributed by atoms with Gasteiger partial charge in [-0.15, -0.1) is 0 Å². The molecule has 1 atom stereocenters.